The second kappa shape index (κ2) is 5.58. The van der Waals surface area contributed by atoms with Crippen molar-refractivity contribution in [3.63, 3.8) is 0 Å². The molecule has 1 aromatic carbocycles. The van der Waals surface area contributed by atoms with Crippen LogP contribution >= 0.6 is 23.6 Å². The van der Waals surface area contributed by atoms with Crippen LogP contribution in [0.5, 0.6) is 0 Å². The van der Waals surface area contributed by atoms with Crippen LogP contribution in [0.3, 0.4) is 0 Å². The zero-order chi connectivity index (χ0) is 14.0. The van der Waals surface area contributed by atoms with Crippen molar-refractivity contribution in [3.8, 4) is 0 Å². The van der Waals surface area contributed by atoms with Crippen LogP contribution in [0, 0.1) is 18.6 Å². The molecular formula is C12H11F2N3S2. The monoisotopic (exact) mass is 299 g/mol. The Kier molecular flexibility index (Phi) is 4.06. The smallest absolute Gasteiger partial charge is 0.150 e. The summed E-state index contributed by atoms with van der Waals surface area (Å²) in [6, 6.07) is 2.22. The number of halogens is 2. The minimum atomic E-state index is -0.726. The molecule has 0 saturated carbocycles. The fourth-order valence-corrected chi connectivity index (χ4v) is 2.36. The fourth-order valence-electron chi connectivity index (χ4n) is 1.53. The highest BCUT2D eigenvalue weighted by Crippen LogP contribution is 2.22. The Hall–Kier alpha value is -1.60. The van der Waals surface area contributed by atoms with Gasteiger partial charge in [0, 0.05) is 16.6 Å². The highest BCUT2D eigenvalue weighted by molar-refractivity contribution is 7.80. The van der Waals surface area contributed by atoms with Crippen LogP contribution < -0.4 is 11.1 Å². The Labute approximate surface area is 118 Å². The maximum absolute atomic E-state index is 13.7. The minimum absolute atomic E-state index is 0.0418. The van der Waals surface area contributed by atoms with Crippen molar-refractivity contribution in [3.05, 3.63) is 45.4 Å². The molecule has 2 aromatic rings. The van der Waals surface area contributed by atoms with Crippen LogP contribution in [-0.2, 0) is 6.54 Å². The van der Waals surface area contributed by atoms with Gasteiger partial charge in [0.05, 0.1) is 6.54 Å². The number of nitrogens with zero attached hydrogens (tertiary/aromatic N) is 1. The van der Waals surface area contributed by atoms with Crippen molar-refractivity contribution in [1.82, 2.24) is 4.98 Å². The van der Waals surface area contributed by atoms with Crippen molar-refractivity contribution < 1.29 is 8.78 Å². The number of nitrogens with two attached hydrogens (primary N) is 1. The number of benzene rings is 1. The third-order valence-electron chi connectivity index (χ3n) is 2.41. The van der Waals surface area contributed by atoms with Gasteiger partial charge in [0.1, 0.15) is 27.3 Å². The Morgan fingerprint density at radius 1 is 1.42 bits per heavy atom. The first kappa shape index (κ1) is 13.8. The summed E-state index contributed by atoms with van der Waals surface area (Å²) in [6.45, 7) is 2.12. The van der Waals surface area contributed by atoms with Gasteiger partial charge in [-0.1, -0.05) is 12.2 Å². The number of anilines is 1. The topological polar surface area (TPSA) is 50.9 Å². The average Bonchev–Trinajstić information content (AvgIpc) is 2.73. The van der Waals surface area contributed by atoms with E-state index < -0.39 is 11.6 Å². The molecule has 2 rings (SSSR count). The van der Waals surface area contributed by atoms with E-state index in [0.29, 0.717) is 0 Å². The van der Waals surface area contributed by atoms with Crippen LogP contribution in [0.2, 0.25) is 0 Å². The molecule has 3 nitrogen and oxygen atoms in total. The van der Waals surface area contributed by atoms with E-state index in [2.05, 4.69) is 22.5 Å². The second-order valence-electron chi connectivity index (χ2n) is 3.92. The van der Waals surface area contributed by atoms with E-state index in [4.69, 9.17) is 5.73 Å². The molecule has 1 aromatic heterocycles. The molecule has 0 saturated heterocycles. The lowest BCUT2D eigenvalue weighted by Crippen LogP contribution is -2.12. The van der Waals surface area contributed by atoms with Crippen molar-refractivity contribution in [2.45, 2.75) is 13.5 Å². The number of aryl methyl sites for hydroxylation is 1. The maximum atomic E-state index is 13.7. The van der Waals surface area contributed by atoms with Crippen molar-refractivity contribution >= 4 is 34.2 Å². The lowest BCUT2D eigenvalue weighted by molar-refractivity contribution is 0.587. The zero-order valence-electron chi connectivity index (χ0n) is 10.0. The van der Waals surface area contributed by atoms with Gasteiger partial charge in [0.2, 0.25) is 0 Å². The molecule has 7 heteroatoms. The first-order chi connectivity index (χ1) is 8.97. The first-order valence-electron chi connectivity index (χ1n) is 5.41. The second-order valence-corrected chi connectivity index (χ2v) is 5.30. The Morgan fingerprint density at radius 2 is 2.05 bits per heavy atom. The van der Waals surface area contributed by atoms with Gasteiger partial charge in [-0.3, -0.25) is 0 Å². The number of thiazole rings is 1. The lowest BCUT2D eigenvalue weighted by Gasteiger charge is -2.09. The molecule has 0 spiro atoms. The summed E-state index contributed by atoms with van der Waals surface area (Å²) in [5.41, 5.74) is 6.19. The van der Waals surface area contributed by atoms with Gasteiger partial charge in [-0.05, 0) is 19.1 Å². The van der Waals surface area contributed by atoms with Crippen molar-refractivity contribution in [1.29, 1.82) is 0 Å². The molecule has 0 bridgehead atoms. The molecule has 19 heavy (non-hydrogen) atoms. The average molecular weight is 299 g/mol. The van der Waals surface area contributed by atoms with E-state index in [0.717, 1.165) is 22.8 Å². The number of rotatable bonds is 4. The van der Waals surface area contributed by atoms with Gasteiger partial charge < -0.3 is 11.1 Å². The molecule has 0 radical (unpaired) electrons. The number of aromatic nitrogens is 1. The summed E-state index contributed by atoms with van der Waals surface area (Å²) < 4.78 is 27.5. The first-order valence-corrected chi connectivity index (χ1v) is 6.70. The van der Waals surface area contributed by atoms with Crippen LogP contribution in [-0.4, -0.2) is 9.97 Å². The fraction of sp³-hybridized carbons (Fsp3) is 0.167. The molecule has 100 valence electrons. The Balaban J connectivity index is 2.18. The van der Waals surface area contributed by atoms with Gasteiger partial charge in [-0.25, -0.2) is 13.8 Å². The summed E-state index contributed by atoms with van der Waals surface area (Å²) in [5.74, 6) is -1.45. The van der Waals surface area contributed by atoms with Crippen molar-refractivity contribution in [2.75, 3.05) is 5.32 Å². The standard InChI is InChI=1S/C12H11F2N3S2/c1-6-5-19-10(17-6)4-16-11-8(13)2-7(12(15)18)3-9(11)14/h2-3,5,16H,4H2,1H3,(H2,15,18). The normalized spacial score (nSPS) is 10.5. The Bertz CT molecular complexity index is 602. The summed E-state index contributed by atoms with van der Waals surface area (Å²) >= 11 is 6.11. The van der Waals surface area contributed by atoms with Crippen molar-refractivity contribution in [2.24, 2.45) is 5.73 Å². The van der Waals surface area contributed by atoms with Crippen LogP contribution in [0.25, 0.3) is 0 Å². The quantitative estimate of drug-likeness (QED) is 0.852. The van der Waals surface area contributed by atoms with Crippen LogP contribution in [0.1, 0.15) is 16.3 Å². The Morgan fingerprint density at radius 3 is 2.53 bits per heavy atom. The third-order valence-corrected chi connectivity index (χ3v) is 3.61. The number of hydrogen-bond donors (Lipinski definition) is 2. The SMILES string of the molecule is Cc1csc(CNc2c(F)cc(C(N)=S)cc2F)n1. The van der Waals surface area contributed by atoms with Gasteiger partial charge >= 0.3 is 0 Å². The molecule has 0 atom stereocenters. The van der Waals surface area contributed by atoms with Crippen LogP contribution in [0.15, 0.2) is 17.5 Å². The van der Waals surface area contributed by atoms with E-state index in [1.54, 1.807) is 0 Å². The van der Waals surface area contributed by atoms with E-state index in [1.165, 1.54) is 11.3 Å². The van der Waals surface area contributed by atoms with Gasteiger partial charge in [-0.15, -0.1) is 11.3 Å². The highest BCUT2D eigenvalue weighted by Gasteiger charge is 2.12. The van der Waals surface area contributed by atoms with Gasteiger partial charge in [0.25, 0.3) is 0 Å². The molecule has 0 aliphatic carbocycles. The number of nitrogens with one attached hydrogen (secondary N) is 1. The van der Waals surface area contributed by atoms with E-state index in [1.807, 2.05) is 12.3 Å². The lowest BCUT2D eigenvalue weighted by atomic mass is 10.2. The molecule has 0 aliphatic rings. The summed E-state index contributed by atoms with van der Waals surface area (Å²) in [4.78, 5) is 4.16. The summed E-state index contributed by atoms with van der Waals surface area (Å²) in [7, 11) is 0. The predicted octanol–water partition coefficient (Wildman–Crippen LogP) is 2.98. The molecule has 1 heterocycles. The molecule has 3 N–H and O–H groups in total. The van der Waals surface area contributed by atoms with Gasteiger partial charge in [-0.2, -0.15) is 0 Å². The largest absolute Gasteiger partial charge is 0.389 e. The van der Waals surface area contributed by atoms with Crippen LogP contribution in [0.4, 0.5) is 14.5 Å². The predicted molar refractivity (Wildman–Crippen MR) is 76.4 cm³/mol. The third kappa shape index (κ3) is 3.24. The molecule has 0 fully saturated rings. The van der Waals surface area contributed by atoms with Gasteiger partial charge in [0.15, 0.2) is 0 Å². The zero-order valence-corrected chi connectivity index (χ0v) is 11.7. The number of thiocarbonyl (C=S) groups is 1. The van der Waals surface area contributed by atoms with E-state index >= 15 is 0 Å². The number of hydrogen-bond acceptors (Lipinski definition) is 4. The summed E-state index contributed by atoms with van der Waals surface area (Å²) in [5, 5.41) is 5.32. The molecule has 0 unspecified atom stereocenters. The highest BCUT2D eigenvalue weighted by atomic mass is 32.1. The van der Waals surface area contributed by atoms with E-state index in [-0.39, 0.29) is 22.8 Å². The maximum Gasteiger partial charge on any atom is 0.150 e. The summed E-state index contributed by atoms with van der Waals surface area (Å²) in [6.07, 6.45) is 0. The molecule has 0 amide bonds. The molecular weight excluding hydrogens is 288 g/mol. The van der Waals surface area contributed by atoms with E-state index in [9.17, 15) is 8.78 Å². The molecule has 0 aliphatic heterocycles. The minimum Gasteiger partial charge on any atom is -0.389 e.